The Kier molecular flexibility index (Phi) is 11.0. The Morgan fingerprint density at radius 1 is 0.878 bits per heavy atom. The highest BCUT2D eigenvalue weighted by molar-refractivity contribution is 7.92. The summed E-state index contributed by atoms with van der Waals surface area (Å²) in [7, 11) is -4.27. The molecule has 0 spiro atoms. The van der Waals surface area contributed by atoms with E-state index in [2.05, 4.69) is 5.32 Å². The van der Waals surface area contributed by atoms with Gasteiger partial charge < -0.3 is 10.2 Å². The van der Waals surface area contributed by atoms with Crippen molar-refractivity contribution in [3.05, 3.63) is 92.4 Å². The number of hydrogen-bond acceptors (Lipinski definition) is 4. The van der Waals surface area contributed by atoms with Gasteiger partial charge in [-0.2, -0.15) is 0 Å². The van der Waals surface area contributed by atoms with Crippen molar-refractivity contribution >= 4 is 73.9 Å². The molecule has 0 aromatic heterocycles. The molecular weight excluding hydrogens is 628 g/mol. The summed E-state index contributed by atoms with van der Waals surface area (Å²) in [5.74, 6) is -1.01. The Balaban J connectivity index is 2.11. The van der Waals surface area contributed by atoms with E-state index in [4.69, 9.17) is 46.4 Å². The first kappa shape index (κ1) is 33.0. The molecule has 220 valence electrons. The minimum Gasteiger partial charge on any atom is -0.350 e. The molecule has 7 nitrogen and oxygen atoms in total. The molecule has 0 radical (unpaired) electrons. The number of rotatable bonds is 10. The number of carbonyl (C=O) groups is 2. The molecule has 3 aromatic rings. The third kappa shape index (κ3) is 8.52. The summed E-state index contributed by atoms with van der Waals surface area (Å²) in [4.78, 5) is 28.8. The second kappa shape index (κ2) is 13.7. The van der Waals surface area contributed by atoms with E-state index < -0.39 is 34.1 Å². The molecule has 1 unspecified atom stereocenters. The van der Waals surface area contributed by atoms with Gasteiger partial charge in [-0.3, -0.25) is 13.9 Å². The van der Waals surface area contributed by atoms with Gasteiger partial charge in [0.05, 0.1) is 25.7 Å². The number of nitrogens with one attached hydrogen (secondary N) is 1. The summed E-state index contributed by atoms with van der Waals surface area (Å²) in [5.41, 5.74) is 0.106. The van der Waals surface area contributed by atoms with Crippen molar-refractivity contribution in [3.63, 3.8) is 0 Å². The molecule has 0 bridgehead atoms. The maximum atomic E-state index is 14.1. The smallest absolute Gasteiger partial charge is 0.264 e. The van der Waals surface area contributed by atoms with E-state index in [0.717, 1.165) is 4.31 Å². The highest BCUT2D eigenvalue weighted by Crippen LogP contribution is 2.33. The first-order valence-corrected chi connectivity index (χ1v) is 15.7. The Bertz CT molecular complexity index is 1510. The number of hydrogen-bond donors (Lipinski definition) is 1. The monoisotopic (exact) mass is 657 g/mol. The number of carbonyl (C=O) groups excluding carboxylic acids is 2. The van der Waals surface area contributed by atoms with Crippen LogP contribution in [0.15, 0.2) is 71.6 Å². The third-order valence-corrected chi connectivity index (χ3v) is 9.06. The molecule has 0 aliphatic carbocycles. The van der Waals surface area contributed by atoms with Gasteiger partial charge in [0, 0.05) is 17.1 Å². The van der Waals surface area contributed by atoms with E-state index in [-0.39, 0.29) is 39.5 Å². The predicted octanol–water partition coefficient (Wildman–Crippen LogP) is 7.22. The van der Waals surface area contributed by atoms with Crippen LogP contribution in [0, 0.1) is 0 Å². The van der Waals surface area contributed by atoms with Gasteiger partial charge in [0.25, 0.3) is 10.0 Å². The predicted molar refractivity (Wildman–Crippen MR) is 166 cm³/mol. The second-order valence-corrected chi connectivity index (χ2v) is 13.9. The van der Waals surface area contributed by atoms with Crippen LogP contribution in [0.3, 0.4) is 0 Å². The standard InChI is InChI=1S/C29H31Cl4N3O4S/c1-5-25(28(38)34-29(2,3)4)35(17-19-11-13-22(31)23(32)15-19)27(37)18-36(26-14-12-20(30)16-24(26)33)41(39,40)21-9-7-6-8-10-21/h6-16,25H,5,17-18H2,1-4H3,(H,34,38). The summed E-state index contributed by atoms with van der Waals surface area (Å²) < 4.78 is 28.7. The fraction of sp³-hybridized carbons (Fsp3) is 0.310. The molecule has 2 amide bonds. The van der Waals surface area contributed by atoms with E-state index in [0.29, 0.717) is 15.6 Å². The quantitative estimate of drug-likeness (QED) is 0.249. The molecule has 0 aliphatic rings. The van der Waals surface area contributed by atoms with Gasteiger partial charge in [-0.1, -0.05) is 77.6 Å². The van der Waals surface area contributed by atoms with Crippen molar-refractivity contribution in [1.82, 2.24) is 10.2 Å². The molecular formula is C29H31Cl4N3O4S. The van der Waals surface area contributed by atoms with Crippen molar-refractivity contribution in [1.29, 1.82) is 0 Å². The molecule has 12 heteroatoms. The third-order valence-electron chi connectivity index (χ3n) is 6.01. The van der Waals surface area contributed by atoms with Crippen LogP contribution < -0.4 is 9.62 Å². The van der Waals surface area contributed by atoms with E-state index in [1.54, 1.807) is 43.3 Å². The first-order chi connectivity index (χ1) is 19.1. The van der Waals surface area contributed by atoms with Crippen molar-refractivity contribution in [2.45, 2.75) is 57.1 Å². The normalized spacial score (nSPS) is 12.5. The topological polar surface area (TPSA) is 86.8 Å². The second-order valence-electron chi connectivity index (χ2n) is 10.4. The van der Waals surface area contributed by atoms with Crippen molar-refractivity contribution in [2.24, 2.45) is 0 Å². The number of nitrogens with zero attached hydrogens (tertiary/aromatic N) is 2. The van der Waals surface area contributed by atoms with Crippen molar-refractivity contribution < 1.29 is 18.0 Å². The lowest BCUT2D eigenvalue weighted by atomic mass is 10.1. The Morgan fingerprint density at radius 2 is 1.54 bits per heavy atom. The molecule has 0 aliphatic heterocycles. The lowest BCUT2D eigenvalue weighted by molar-refractivity contribution is -0.141. The largest absolute Gasteiger partial charge is 0.350 e. The van der Waals surface area contributed by atoms with Crippen LogP contribution in [-0.2, 0) is 26.2 Å². The van der Waals surface area contributed by atoms with Gasteiger partial charge in [0.15, 0.2) is 0 Å². The van der Waals surface area contributed by atoms with Crippen LogP contribution >= 0.6 is 46.4 Å². The zero-order valence-corrected chi connectivity index (χ0v) is 26.8. The van der Waals surface area contributed by atoms with Gasteiger partial charge >= 0.3 is 0 Å². The van der Waals surface area contributed by atoms with E-state index in [1.807, 2.05) is 20.8 Å². The van der Waals surface area contributed by atoms with E-state index in [9.17, 15) is 18.0 Å². The lowest BCUT2D eigenvalue weighted by Gasteiger charge is -2.35. The molecule has 0 saturated carbocycles. The highest BCUT2D eigenvalue weighted by Gasteiger charge is 2.35. The molecule has 0 saturated heterocycles. The zero-order valence-electron chi connectivity index (χ0n) is 23.0. The molecule has 0 fully saturated rings. The van der Waals surface area contributed by atoms with Gasteiger partial charge in [-0.25, -0.2) is 8.42 Å². The highest BCUT2D eigenvalue weighted by atomic mass is 35.5. The summed E-state index contributed by atoms with van der Waals surface area (Å²) >= 11 is 24.9. The van der Waals surface area contributed by atoms with Gasteiger partial charge in [-0.05, 0) is 75.2 Å². The van der Waals surface area contributed by atoms with Crippen molar-refractivity contribution in [3.8, 4) is 0 Å². The number of anilines is 1. The van der Waals surface area contributed by atoms with Crippen LogP contribution in [0.4, 0.5) is 5.69 Å². The SMILES string of the molecule is CCC(C(=O)NC(C)(C)C)N(Cc1ccc(Cl)c(Cl)c1)C(=O)CN(c1ccc(Cl)cc1Cl)S(=O)(=O)c1ccccc1. The maximum absolute atomic E-state index is 14.1. The Labute approximate surface area is 261 Å². The first-order valence-electron chi connectivity index (χ1n) is 12.7. The lowest BCUT2D eigenvalue weighted by Crippen LogP contribution is -2.55. The molecule has 1 atom stereocenters. The number of halogens is 4. The number of amides is 2. The summed E-state index contributed by atoms with van der Waals surface area (Å²) in [6, 6.07) is 16.0. The van der Waals surface area contributed by atoms with Gasteiger partial charge in [0.2, 0.25) is 11.8 Å². The van der Waals surface area contributed by atoms with Crippen LogP contribution in [0.25, 0.3) is 0 Å². The minimum absolute atomic E-state index is 0.0284. The van der Waals surface area contributed by atoms with Gasteiger partial charge in [-0.15, -0.1) is 0 Å². The number of sulfonamides is 1. The molecule has 3 aromatic carbocycles. The average molecular weight is 659 g/mol. The van der Waals surface area contributed by atoms with Crippen LogP contribution in [0.1, 0.15) is 39.7 Å². The Hall–Kier alpha value is -2.49. The molecule has 3 rings (SSSR count). The fourth-order valence-electron chi connectivity index (χ4n) is 4.12. The fourth-order valence-corrected chi connectivity index (χ4v) is 6.46. The maximum Gasteiger partial charge on any atom is 0.264 e. The number of benzene rings is 3. The van der Waals surface area contributed by atoms with Crippen LogP contribution in [0.5, 0.6) is 0 Å². The molecule has 0 heterocycles. The Morgan fingerprint density at radius 3 is 2.10 bits per heavy atom. The molecule has 1 N–H and O–H groups in total. The average Bonchev–Trinajstić information content (AvgIpc) is 2.89. The summed E-state index contributed by atoms with van der Waals surface area (Å²) in [6.07, 6.45) is 0.266. The van der Waals surface area contributed by atoms with Gasteiger partial charge in [0.1, 0.15) is 12.6 Å². The van der Waals surface area contributed by atoms with Crippen molar-refractivity contribution in [2.75, 3.05) is 10.8 Å². The summed E-state index contributed by atoms with van der Waals surface area (Å²) in [6.45, 7) is 6.60. The zero-order chi connectivity index (χ0) is 30.5. The van der Waals surface area contributed by atoms with E-state index >= 15 is 0 Å². The molecule has 41 heavy (non-hydrogen) atoms. The van der Waals surface area contributed by atoms with E-state index in [1.165, 1.54) is 35.2 Å². The van der Waals surface area contributed by atoms with Crippen LogP contribution in [0.2, 0.25) is 20.1 Å². The summed E-state index contributed by atoms with van der Waals surface area (Å²) in [5, 5.41) is 3.88. The van der Waals surface area contributed by atoms with Crippen LogP contribution in [-0.4, -0.2) is 43.3 Å². The minimum atomic E-state index is -4.27.